The maximum Gasteiger partial charge on any atom is 0.348 e. The first-order valence-electron chi connectivity index (χ1n) is 6.29. The van der Waals surface area contributed by atoms with Gasteiger partial charge in [-0.05, 0) is 43.7 Å². The summed E-state index contributed by atoms with van der Waals surface area (Å²) < 4.78 is 5.86. The molecule has 96 valence electrons. The van der Waals surface area contributed by atoms with Crippen molar-refractivity contribution < 1.29 is 14.6 Å². The zero-order chi connectivity index (χ0) is 13.0. The molecule has 0 saturated heterocycles. The van der Waals surface area contributed by atoms with E-state index in [1.807, 2.05) is 24.3 Å². The van der Waals surface area contributed by atoms with Crippen molar-refractivity contribution in [2.75, 3.05) is 0 Å². The highest BCUT2D eigenvalue weighted by Gasteiger charge is 2.44. The van der Waals surface area contributed by atoms with Crippen LogP contribution in [0.2, 0.25) is 0 Å². The topological polar surface area (TPSA) is 46.5 Å². The highest BCUT2D eigenvalue weighted by Crippen LogP contribution is 2.36. The van der Waals surface area contributed by atoms with E-state index in [1.165, 1.54) is 0 Å². The Bertz CT molecular complexity index is 445. The molecule has 0 bridgehead atoms. The number of hydrogen-bond acceptors (Lipinski definition) is 2. The van der Waals surface area contributed by atoms with Gasteiger partial charge in [0.1, 0.15) is 5.75 Å². The van der Waals surface area contributed by atoms with Crippen LogP contribution in [0.25, 0.3) is 0 Å². The Kier molecular flexibility index (Phi) is 3.70. The fourth-order valence-corrected chi connectivity index (χ4v) is 2.44. The molecule has 18 heavy (non-hydrogen) atoms. The number of aliphatic carboxylic acids is 1. The Morgan fingerprint density at radius 2 is 2.06 bits per heavy atom. The molecular formula is C15H18O3. The quantitative estimate of drug-likeness (QED) is 0.811. The van der Waals surface area contributed by atoms with Crippen molar-refractivity contribution in [2.24, 2.45) is 0 Å². The number of allylic oxidation sites excluding steroid dienone is 1. The summed E-state index contributed by atoms with van der Waals surface area (Å²) in [7, 11) is 0. The summed E-state index contributed by atoms with van der Waals surface area (Å²) in [5.74, 6) is -0.185. The SMILES string of the molecule is C=CCc1ccccc1OC1(C(=O)O)CCCC1. The van der Waals surface area contributed by atoms with E-state index in [1.54, 1.807) is 6.08 Å². The molecule has 3 heteroatoms. The highest BCUT2D eigenvalue weighted by atomic mass is 16.5. The normalized spacial score (nSPS) is 17.3. The molecule has 0 heterocycles. The fourth-order valence-electron chi connectivity index (χ4n) is 2.44. The number of carboxylic acid groups (broad SMARTS) is 1. The third-order valence-electron chi connectivity index (χ3n) is 3.44. The molecule has 1 aromatic rings. The summed E-state index contributed by atoms with van der Waals surface area (Å²) in [6.45, 7) is 3.71. The largest absolute Gasteiger partial charge is 0.478 e. The third-order valence-corrected chi connectivity index (χ3v) is 3.44. The molecule has 1 fully saturated rings. The molecule has 0 amide bonds. The van der Waals surface area contributed by atoms with Crippen molar-refractivity contribution in [3.63, 3.8) is 0 Å². The zero-order valence-electron chi connectivity index (χ0n) is 10.4. The van der Waals surface area contributed by atoms with Crippen LogP contribution in [0.3, 0.4) is 0 Å². The summed E-state index contributed by atoms with van der Waals surface area (Å²) in [4.78, 5) is 11.5. The molecule has 0 atom stereocenters. The number of hydrogen-bond donors (Lipinski definition) is 1. The van der Waals surface area contributed by atoms with Crippen molar-refractivity contribution in [1.82, 2.24) is 0 Å². The van der Waals surface area contributed by atoms with E-state index >= 15 is 0 Å². The number of carboxylic acids is 1. The van der Waals surface area contributed by atoms with Crippen LogP contribution in [-0.2, 0) is 11.2 Å². The molecule has 1 saturated carbocycles. The van der Waals surface area contributed by atoms with Gasteiger partial charge in [0, 0.05) is 0 Å². The van der Waals surface area contributed by atoms with Gasteiger partial charge in [0.2, 0.25) is 5.60 Å². The van der Waals surface area contributed by atoms with Crippen LogP contribution in [-0.4, -0.2) is 16.7 Å². The average Bonchev–Trinajstić information content (AvgIpc) is 2.82. The number of ether oxygens (including phenoxy) is 1. The first kappa shape index (κ1) is 12.7. The monoisotopic (exact) mass is 246 g/mol. The van der Waals surface area contributed by atoms with Crippen molar-refractivity contribution >= 4 is 5.97 Å². The van der Waals surface area contributed by atoms with E-state index in [0.717, 1.165) is 18.4 Å². The Hall–Kier alpha value is -1.77. The molecule has 2 rings (SSSR count). The minimum Gasteiger partial charge on any atom is -0.478 e. The van der Waals surface area contributed by atoms with Gasteiger partial charge in [-0.3, -0.25) is 0 Å². The first-order chi connectivity index (χ1) is 8.68. The zero-order valence-corrected chi connectivity index (χ0v) is 10.4. The van der Waals surface area contributed by atoms with Crippen LogP contribution in [0.4, 0.5) is 0 Å². The number of carbonyl (C=O) groups is 1. The van der Waals surface area contributed by atoms with Crippen LogP contribution in [0.5, 0.6) is 5.75 Å². The standard InChI is InChI=1S/C15H18O3/c1-2-7-12-8-3-4-9-13(12)18-15(14(16)17)10-5-6-11-15/h2-4,8-9H,1,5-7,10-11H2,(H,16,17). The smallest absolute Gasteiger partial charge is 0.348 e. The fraction of sp³-hybridized carbons (Fsp3) is 0.400. The second-order valence-corrected chi connectivity index (χ2v) is 4.71. The maximum atomic E-state index is 11.5. The van der Waals surface area contributed by atoms with E-state index in [2.05, 4.69) is 6.58 Å². The second kappa shape index (κ2) is 5.25. The molecule has 0 radical (unpaired) electrons. The molecule has 3 nitrogen and oxygen atoms in total. The number of rotatable bonds is 5. The van der Waals surface area contributed by atoms with Crippen molar-refractivity contribution in [3.8, 4) is 5.75 Å². The van der Waals surface area contributed by atoms with Crippen LogP contribution in [0.15, 0.2) is 36.9 Å². The van der Waals surface area contributed by atoms with Gasteiger partial charge in [-0.15, -0.1) is 6.58 Å². The average molecular weight is 246 g/mol. The lowest BCUT2D eigenvalue weighted by Gasteiger charge is -2.26. The summed E-state index contributed by atoms with van der Waals surface area (Å²) in [6, 6.07) is 7.57. The second-order valence-electron chi connectivity index (χ2n) is 4.71. The van der Waals surface area contributed by atoms with Crippen molar-refractivity contribution in [2.45, 2.75) is 37.7 Å². The molecule has 1 aliphatic rings. The lowest BCUT2D eigenvalue weighted by atomic mass is 10.0. The van der Waals surface area contributed by atoms with Gasteiger partial charge in [-0.1, -0.05) is 24.3 Å². The molecular weight excluding hydrogens is 228 g/mol. The lowest BCUT2D eigenvalue weighted by Crippen LogP contribution is -2.41. The summed E-state index contributed by atoms with van der Waals surface area (Å²) in [6.07, 6.45) is 5.48. The molecule has 0 spiro atoms. The van der Waals surface area contributed by atoms with Gasteiger partial charge in [0.25, 0.3) is 0 Å². The van der Waals surface area contributed by atoms with Gasteiger partial charge in [-0.2, -0.15) is 0 Å². The van der Waals surface area contributed by atoms with E-state index < -0.39 is 11.6 Å². The Balaban J connectivity index is 2.26. The molecule has 1 N–H and O–H groups in total. The predicted molar refractivity (Wildman–Crippen MR) is 69.8 cm³/mol. The molecule has 1 aromatic carbocycles. The number of benzene rings is 1. The highest BCUT2D eigenvalue weighted by molar-refractivity contribution is 5.78. The Morgan fingerprint density at radius 1 is 1.39 bits per heavy atom. The predicted octanol–water partition coefficient (Wildman–Crippen LogP) is 3.19. The summed E-state index contributed by atoms with van der Waals surface area (Å²) in [5, 5.41) is 9.40. The van der Waals surface area contributed by atoms with Gasteiger partial charge in [0.05, 0.1) is 0 Å². The summed E-state index contributed by atoms with van der Waals surface area (Å²) >= 11 is 0. The van der Waals surface area contributed by atoms with Crippen LogP contribution >= 0.6 is 0 Å². The third kappa shape index (κ3) is 2.40. The van der Waals surface area contributed by atoms with Gasteiger partial charge in [0.15, 0.2) is 0 Å². The van der Waals surface area contributed by atoms with Gasteiger partial charge in [-0.25, -0.2) is 4.79 Å². The molecule has 0 aliphatic heterocycles. The Morgan fingerprint density at radius 3 is 2.67 bits per heavy atom. The van der Waals surface area contributed by atoms with E-state index in [9.17, 15) is 9.90 Å². The van der Waals surface area contributed by atoms with Crippen LogP contribution < -0.4 is 4.74 Å². The maximum absolute atomic E-state index is 11.5. The Labute approximate surface area is 107 Å². The van der Waals surface area contributed by atoms with Crippen LogP contribution in [0.1, 0.15) is 31.2 Å². The molecule has 1 aliphatic carbocycles. The van der Waals surface area contributed by atoms with Gasteiger partial charge >= 0.3 is 5.97 Å². The lowest BCUT2D eigenvalue weighted by molar-refractivity contribution is -0.154. The van der Waals surface area contributed by atoms with Crippen molar-refractivity contribution in [3.05, 3.63) is 42.5 Å². The van der Waals surface area contributed by atoms with E-state index in [0.29, 0.717) is 25.0 Å². The van der Waals surface area contributed by atoms with Crippen LogP contribution in [0, 0.1) is 0 Å². The van der Waals surface area contributed by atoms with E-state index in [-0.39, 0.29) is 0 Å². The molecule has 0 unspecified atom stereocenters. The van der Waals surface area contributed by atoms with Gasteiger partial charge < -0.3 is 9.84 Å². The minimum absolute atomic E-state index is 0.588. The number of para-hydroxylation sites is 1. The first-order valence-corrected chi connectivity index (χ1v) is 6.29. The minimum atomic E-state index is -1.03. The van der Waals surface area contributed by atoms with Crippen molar-refractivity contribution in [1.29, 1.82) is 0 Å². The molecule has 0 aromatic heterocycles. The van der Waals surface area contributed by atoms with E-state index in [4.69, 9.17) is 4.74 Å². The summed E-state index contributed by atoms with van der Waals surface area (Å²) in [5.41, 5.74) is -0.0443.